The number of alkyl halides is 1. The standard InChI is InChI=1S/C29H31FN4O4S/c1-33-10-9-19-12-21(15-31-27(19)33)23-8-7-22(38-17-30)14-24(23)25-16-39-29(32-25)34(2)28(37)20(13-26(35)36)11-18-5-3-4-6-18/h7-10,12,14-16,18,20H,3-6,11,13,17H2,1-2H3,(H,35,36). The van der Waals surface area contributed by atoms with Crippen LogP contribution in [0.5, 0.6) is 5.75 Å². The number of carbonyl (C=O) groups excluding carboxylic acids is 1. The predicted octanol–water partition coefficient (Wildman–Crippen LogP) is 6.30. The maximum Gasteiger partial charge on any atom is 0.304 e. The summed E-state index contributed by atoms with van der Waals surface area (Å²) in [5.74, 6) is -1.06. The minimum Gasteiger partial charge on any atom is -0.481 e. The molecule has 0 radical (unpaired) electrons. The van der Waals surface area contributed by atoms with E-state index >= 15 is 0 Å². The average molecular weight is 551 g/mol. The van der Waals surface area contributed by atoms with E-state index in [0.29, 0.717) is 28.9 Å². The molecule has 0 spiro atoms. The molecular weight excluding hydrogens is 519 g/mol. The summed E-state index contributed by atoms with van der Waals surface area (Å²) in [6.07, 6.45) is 8.46. The van der Waals surface area contributed by atoms with Gasteiger partial charge in [-0.25, -0.2) is 14.4 Å². The largest absolute Gasteiger partial charge is 0.481 e. The van der Waals surface area contributed by atoms with E-state index in [1.807, 2.05) is 41.4 Å². The fourth-order valence-corrected chi connectivity index (χ4v) is 6.28. The number of fused-ring (bicyclic) bond motifs is 1. The summed E-state index contributed by atoms with van der Waals surface area (Å²) >= 11 is 1.30. The molecule has 3 heterocycles. The zero-order valence-corrected chi connectivity index (χ0v) is 22.8. The Morgan fingerprint density at radius 1 is 1.23 bits per heavy atom. The number of anilines is 1. The highest BCUT2D eigenvalue weighted by Crippen LogP contribution is 2.38. The highest BCUT2D eigenvalue weighted by Gasteiger charge is 2.30. The van der Waals surface area contributed by atoms with E-state index in [-0.39, 0.29) is 12.3 Å². The zero-order valence-electron chi connectivity index (χ0n) is 22.0. The number of aliphatic carboxylic acids is 1. The van der Waals surface area contributed by atoms with Crippen LogP contribution in [-0.2, 0) is 16.6 Å². The molecule has 0 bridgehead atoms. The Labute approximate surface area is 230 Å². The van der Waals surface area contributed by atoms with E-state index in [1.54, 1.807) is 25.4 Å². The first kappa shape index (κ1) is 26.8. The van der Waals surface area contributed by atoms with Gasteiger partial charge in [0.15, 0.2) is 5.13 Å². The maximum absolute atomic E-state index is 13.4. The lowest BCUT2D eigenvalue weighted by Crippen LogP contribution is -2.35. The summed E-state index contributed by atoms with van der Waals surface area (Å²) in [4.78, 5) is 35.8. The number of ether oxygens (including phenoxy) is 1. The quantitative estimate of drug-likeness (QED) is 0.249. The number of pyridine rings is 1. The molecule has 1 atom stereocenters. The van der Waals surface area contributed by atoms with Gasteiger partial charge in [-0.3, -0.25) is 14.5 Å². The molecule has 0 aliphatic heterocycles. The van der Waals surface area contributed by atoms with E-state index in [9.17, 15) is 19.1 Å². The van der Waals surface area contributed by atoms with Gasteiger partial charge in [-0.15, -0.1) is 11.3 Å². The first-order valence-corrected chi connectivity index (χ1v) is 13.9. The number of hydrogen-bond acceptors (Lipinski definition) is 6. The number of hydrogen-bond donors (Lipinski definition) is 1. The Morgan fingerprint density at radius 2 is 2.03 bits per heavy atom. The first-order chi connectivity index (χ1) is 18.8. The number of thiazole rings is 1. The van der Waals surface area contributed by atoms with Crippen LogP contribution in [0.25, 0.3) is 33.4 Å². The molecule has 1 unspecified atom stereocenters. The van der Waals surface area contributed by atoms with Crippen LogP contribution in [0.4, 0.5) is 9.52 Å². The van der Waals surface area contributed by atoms with E-state index in [2.05, 4.69) is 4.98 Å². The number of carbonyl (C=O) groups is 2. The van der Waals surface area contributed by atoms with Crippen LogP contribution in [0.15, 0.2) is 48.1 Å². The van der Waals surface area contributed by atoms with Crippen molar-refractivity contribution >= 4 is 39.4 Å². The Hall–Kier alpha value is -3.79. The Morgan fingerprint density at radius 3 is 2.77 bits per heavy atom. The second kappa shape index (κ2) is 11.5. The predicted molar refractivity (Wildman–Crippen MR) is 150 cm³/mol. The molecule has 1 aliphatic carbocycles. The van der Waals surface area contributed by atoms with E-state index in [4.69, 9.17) is 9.72 Å². The SMILES string of the molecule is CN(C(=O)C(CC(=O)O)CC1CCCC1)c1nc(-c2cc(OCF)ccc2-c2cnc3c(ccn3C)c2)cs1. The second-order valence-corrected chi connectivity index (χ2v) is 11.0. The molecule has 39 heavy (non-hydrogen) atoms. The van der Waals surface area contributed by atoms with Gasteiger partial charge >= 0.3 is 5.97 Å². The summed E-state index contributed by atoms with van der Waals surface area (Å²) < 4.78 is 20.1. The van der Waals surface area contributed by atoms with Crippen molar-refractivity contribution in [2.24, 2.45) is 18.9 Å². The number of amides is 1. The molecule has 0 saturated heterocycles. The van der Waals surface area contributed by atoms with E-state index < -0.39 is 18.7 Å². The van der Waals surface area contributed by atoms with Gasteiger partial charge in [0.2, 0.25) is 12.8 Å². The first-order valence-electron chi connectivity index (χ1n) is 13.0. The lowest BCUT2D eigenvalue weighted by Gasteiger charge is -2.23. The highest BCUT2D eigenvalue weighted by molar-refractivity contribution is 7.14. The molecule has 1 fully saturated rings. The third-order valence-electron chi connectivity index (χ3n) is 7.48. The average Bonchev–Trinajstić information content (AvgIpc) is 3.69. The van der Waals surface area contributed by atoms with Gasteiger partial charge in [-0.2, -0.15) is 0 Å². The summed E-state index contributed by atoms with van der Waals surface area (Å²) in [7, 11) is 3.58. The number of rotatable bonds is 10. The molecule has 1 amide bonds. The molecule has 1 aliphatic rings. The molecule has 3 aromatic heterocycles. The van der Waals surface area contributed by atoms with Crippen molar-refractivity contribution in [3.05, 3.63) is 48.1 Å². The number of halogens is 1. The van der Waals surface area contributed by atoms with E-state index in [1.165, 1.54) is 16.2 Å². The smallest absolute Gasteiger partial charge is 0.304 e. The third-order valence-corrected chi connectivity index (χ3v) is 8.40. The van der Waals surface area contributed by atoms with Gasteiger partial charge in [0.05, 0.1) is 12.1 Å². The van der Waals surface area contributed by atoms with Gasteiger partial charge in [0, 0.05) is 54.3 Å². The van der Waals surface area contributed by atoms with Gasteiger partial charge in [0.25, 0.3) is 0 Å². The van der Waals surface area contributed by atoms with Crippen LogP contribution < -0.4 is 9.64 Å². The second-order valence-electron chi connectivity index (χ2n) is 10.1. The number of aryl methyl sites for hydroxylation is 1. The molecule has 4 aromatic rings. The Kier molecular flexibility index (Phi) is 7.92. The van der Waals surface area contributed by atoms with Crippen molar-refractivity contribution in [2.45, 2.75) is 38.5 Å². The molecule has 1 aromatic carbocycles. The number of carboxylic acid groups (broad SMARTS) is 1. The van der Waals surface area contributed by atoms with E-state index in [0.717, 1.165) is 53.4 Å². The lowest BCUT2D eigenvalue weighted by atomic mass is 9.90. The van der Waals surface area contributed by atoms with Crippen molar-refractivity contribution in [3.8, 4) is 28.1 Å². The van der Waals surface area contributed by atoms with Gasteiger partial charge in [-0.05, 0) is 48.2 Å². The summed E-state index contributed by atoms with van der Waals surface area (Å²) in [6, 6.07) is 9.32. The summed E-state index contributed by atoms with van der Waals surface area (Å²) in [6.45, 7) is -0.957. The fraction of sp³-hybridized carbons (Fsp3) is 0.379. The van der Waals surface area contributed by atoms with Crippen molar-refractivity contribution in [1.29, 1.82) is 0 Å². The van der Waals surface area contributed by atoms with Gasteiger partial charge < -0.3 is 14.4 Å². The summed E-state index contributed by atoms with van der Waals surface area (Å²) in [5, 5.41) is 12.8. The topological polar surface area (TPSA) is 97.6 Å². The Balaban J connectivity index is 1.46. The molecule has 10 heteroatoms. The van der Waals surface area contributed by atoms with Crippen LogP contribution in [0.1, 0.15) is 38.5 Å². The summed E-state index contributed by atoms with van der Waals surface area (Å²) in [5.41, 5.74) is 3.90. The van der Waals surface area contributed by atoms with Crippen molar-refractivity contribution in [2.75, 3.05) is 18.8 Å². The zero-order chi connectivity index (χ0) is 27.5. The van der Waals surface area contributed by atoms with Crippen molar-refractivity contribution < 1.29 is 23.8 Å². The van der Waals surface area contributed by atoms with Gasteiger partial charge in [0.1, 0.15) is 11.4 Å². The molecule has 1 saturated carbocycles. The minimum absolute atomic E-state index is 0.195. The third kappa shape index (κ3) is 5.80. The van der Waals surface area contributed by atoms with Crippen molar-refractivity contribution in [1.82, 2.24) is 14.5 Å². The molecule has 5 rings (SSSR count). The number of aromatic nitrogens is 3. The van der Waals surface area contributed by atoms with Crippen LogP contribution >= 0.6 is 11.3 Å². The lowest BCUT2D eigenvalue weighted by molar-refractivity contribution is -0.140. The van der Waals surface area contributed by atoms with Crippen LogP contribution in [-0.4, -0.2) is 45.4 Å². The monoisotopic (exact) mass is 550 g/mol. The molecule has 8 nitrogen and oxygen atoms in total. The van der Waals surface area contributed by atoms with Crippen LogP contribution in [0, 0.1) is 11.8 Å². The minimum atomic E-state index is -0.974. The number of carboxylic acids is 1. The van der Waals surface area contributed by atoms with Crippen molar-refractivity contribution in [3.63, 3.8) is 0 Å². The fourth-order valence-electron chi connectivity index (χ4n) is 5.48. The molecular formula is C29H31FN4O4S. The van der Waals surface area contributed by atoms with Crippen LogP contribution in [0.3, 0.4) is 0 Å². The maximum atomic E-state index is 13.4. The molecule has 1 N–H and O–H groups in total. The molecule has 204 valence electrons. The Bertz CT molecular complexity index is 1490. The normalized spacial score (nSPS) is 14.5. The number of benzene rings is 1. The van der Waals surface area contributed by atoms with Crippen LogP contribution in [0.2, 0.25) is 0 Å². The number of nitrogens with zero attached hydrogens (tertiary/aromatic N) is 4. The van der Waals surface area contributed by atoms with Gasteiger partial charge in [-0.1, -0.05) is 25.7 Å². The highest BCUT2D eigenvalue weighted by atomic mass is 32.1.